The first-order chi connectivity index (χ1) is 9.81. The van der Waals surface area contributed by atoms with Crippen molar-refractivity contribution in [3.05, 3.63) is 36.4 Å². The van der Waals surface area contributed by atoms with Gasteiger partial charge in [0.25, 0.3) is 0 Å². The molecule has 2 atom stereocenters. The molecule has 1 aliphatic rings. The monoisotopic (exact) mass is 269 g/mol. The lowest BCUT2D eigenvalue weighted by molar-refractivity contribution is 0.353. The number of nitrogens with zero attached hydrogens (tertiary/aromatic N) is 2. The second kappa shape index (κ2) is 4.45. The van der Waals surface area contributed by atoms with Crippen LogP contribution in [0.25, 0.3) is 22.4 Å². The maximum Gasteiger partial charge on any atom is 0.230 e. The second-order valence-corrected chi connectivity index (χ2v) is 5.37. The summed E-state index contributed by atoms with van der Waals surface area (Å²) in [5.74, 6) is 1.58. The van der Waals surface area contributed by atoms with Crippen LogP contribution in [-0.2, 0) is 0 Å². The highest BCUT2D eigenvalue weighted by atomic mass is 16.5. The Kier molecular flexibility index (Phi) is 2.60. The predicted molar refractivity (Wildman–Crippen MR) is 74.1 cm³/mol. The zero-order chi connectivity index (χ0) is 13.5. The number of aromatic nitrogens is 2. The summed E-state index contributed by atoms with van der Waals surface area (Å²) in [5, 5.41) is 5.09. The zero-order valence-electron chi connectivity index (χ0n) is 11.0. The van der Waals surface area contributed by atoms with Crippen molar-refractivity contribution in [1.29, 1.82) is 0 Å². The molecule has 20 heavy (non-hydrogen) atoms. The van der Waals surface area contributed by atoms with Crippen LogP contribution in [0.15, 0.2) is 39.5 Å². The molecule has 102 valence electrons. The Morgan fingerprint density at radius 1 is 1.20 bits per heavy atom. The van der Waals surface area contributed by atoms with E-state index in [-0.39, 0.29) is 6.04 Å². The molecule has 1 aromatic carbocycles. The fourth-order valence-corrected chi connectivity index (χ4v) is 2.90. The Labute approximate surface area is 115 Å². The van der Waals surface area contributed by atoms with Crippen LogP contribution in [-0.4, -0.2) is 16.2 Å². The number of rotatable bonds is 2. The fraction of sp³-hybridized carbons (Fsp3) is 0.333. The van der Waals surface area contributed by atoms with Gasteiger partial charge >= 0.3 is 0 Å². The third-order valence-electron chi connectivity index (χ3n) is 3.99. The van der Waals surface area contributed by atoms with Crippen molar-refractivity contribution in [2.75, 3.05) is 0 Å². The van der Waals surface area contributed by atoms with Crippen LogP contribution in [0.4, 0.5) is 0 Å². The highest BCUT2D eigenvalue weighted by molar-refractivity contribution is 5.91. The average molecular weight is 269 g/mol. The van der Waals surface area contributed by atoms with Crippen LogP contribution in [0.3, 0.4) is 0 Å². The summed E-state index contributed by atoms with van der Waals surface area (Å²) in [7, 11) is 0. The highest BCUT2D eigenvalue weighted by Crippen LogP contribution is 2.34. The molecule has 0 saturated heterocycles. The van der Waals surface area contributed by atoms with E-state index in [1.54, 1.807) is 6.26 Å². The molecule has 0 amide bonds. The normalized spacial score (nSPS) is 22.6. The van der Waals surface area contributed by atoms with Crippen molar-refractivity contribution in [3.8, 4) is 11.4 Å². The molecule has 1 fully saturated rings. The molecule has 1 aliphatic carbocycles. The zero-order valence-corrected chi connectivity index (χ0v) is 11.0. The van der Waals surface area contributed by atoms with Gasteiger partial charge in [-0.1, -0.05) is 23.4 Å². The van der Waals surface area contributed by atoms with E-state index in [1.807, 2.05) is 24.3 Å². The summed E-state index contributed by atoms with van der Waals surface area (Å²) in [5.41, 5.74) is 7.64. The summed E-state index contributed by atoms with van der Waals surface area (Å²) < 4.78 is 10.9. The lowest BCUT2D eigenvalue weighted by atomic mass is 10.1. The summed E-state index contributed by atoms with van der Waals surface area (Å²) in [6.45, 7) is 0. The van der Waals surface area contributed by atoms with Crippen molar-refractivity contribution in [2.45, 2.75) is 31.2 Å². The number of fused-ring (bicyclic) bond motifs is 1. The van der Waals surface area contributed by atoms with Gasteiger partial charge in [-0.3, -0.25) is 0 Å². The number of hydrogen-bond acceptors (Lipinski definition) is 5. The first kappa shape index (κ1) is 11.7. The fourth-order valence-electron chi connectivity index (χ4n) is 2.90. The molecule has 2 unspecified atom stereocenters. The molecular formula is C15H15N3O2. The van der Waals surface area contributed by atoms with Gasteiger partial charge in [0.2, 0.25) is 11.7 Å². The molecule has 2 heterocycles. The van der Waals surface area contributed by atoms with Gasteiger partial charge in [-0.15, -0.1) is 0 Å². The van der Waals surface area contributed by atoms with Gasteiger partial charge in [0.1, 0.15) is 11.8 Å². The third kappa shape index (κ3) is 1.82. The van der Waals surface area contributed by atoms with Gasteiger partial charge in [-0.25, -0.2) is 0 Å². The average Bonchev–Trinajstić information content (AvgIpc) is 3.15. The SMILES string of the molecule is NC1CCC(c2nc(-c3coc4ccccc34)no2)C1. The van der Waals surface area contributed by atoms with Gasteiger partial charge in [0, 0.05) is 17.3 Å². The van der Waals surface area contributed by atoms with Gasteiger partial charge in [0.15, 0.2) is 0 Å². The number of para-hydroxylation sites is 1. The Morgan fingerprint density at radius 3 is 2.95 bits per heavy atom. The first-order valence-corrected chi connectivity index (χ1v) is 6.87. The van der Waals surface area contributed by atoms with E-state index in [2.05, 4.69) is 10.1 Å². The molecule has 0 radical (unpaired) electrons. The van der Waals surface area contributed by atoms with Crippen molar-refractivity contribution >= 4 is 11.0 Å². The highest BCUT2D eigenvalue weighted by Gasteiger charge is 2.28. The third-order valence-corrected chi connectivity index (χ3v) is 3.99. The lowest BCUT2D eigenvalue weighted by Gasteiger charge is -2.01. The van der Waals surface area contributed by atoms with Crippen LogP contribution in [0.1, 0.15) is 31.1 Å². The number of nitrogens with two attached hydrogens (primary N) is 1. The van der Waals surface area contributed by atoms with Gasteiger partial charge in [-0.05, 0) is 25.3 Å². The molecule has 0 spiro atoms. The molecule has 4 rings (SSSR count). The molecule has 0 aliphatic heterocycles. The van der Waals surface area contributed by atoms with Crippen LogP contribution in [0, 0.1) is 0 Å². The molecule has 2 N–H and O–H groups in total. The summed E-state index contributed by atoms with van der Waals surface area (Å²) in [6.07, 6.45) is 4.65. The Hall–Kier alpha value is -2.14. The van der Waals surface area contributed by atoms with E-state index < -0.39 is 0 Å². The van der Waals surface area contributed by atoms with E-state index >= 15 is 0 Å². The molecule has 2 aromatic heterocycles. The molecule has 3 aromatic rings. The topological polar surface area (TPSA) is 78.1 Å². The number of benzene rings is 1. The van der Waals surface area contributed by atoms with E-state index in [9.17, 15) is 0 Å². The van der Waals surface area contributed by atoms with Gasteiger partial charge < -0.3 is 14.7 Å². The predicted octanol–water partition coefficient (Wildman–Crippen LogP) is 3.08. The maximum absolute atomic E-state index is 5.93. The van der Waals surface area contributed by atoms with Crippen molar-refractivity contribution in [1.82, 2.24) is 10.1 Å². The minimum Gasteiger partial charge on any atom is -0.464 e. The van der Waals surface area contributed by atoms with Crippen LogP contribution in [0.5, 0.6) is 0 Å². The van der Waals surface area contributed by atoms with Crippen molar-refractivity contribution in [2.24, 2.45) is 5.73 Å². The molecular weight excluding hydrogens is 254 g/mol. The Balaban J connectivity index is 1.71. The number of furan rings is 1. The largest absolute Gasteiger partial charge is 0.464 e. The summed E-state index contributed by atoms with van der Waals surface area (Å²) in [4.78, 5) is 4.53. The lowest BCUT2D eigenvalue weighted by Crippen LogP contribution is -2.14. The van der Waals surface area contributed by atoms with E-state index in [0.717, 1.165) is 35.8 Å². The summed E-state index contributed by atoms with van der Waals surface area (Å²) in [6, 6.07) is 8.09. The van der Waals surface area contributed by atoms with E-state index in [4.69, 9.17) is 14.7 Å². The Bertz CT molecular complexity index is 746. The van der Waals surface area contributed by atoms with Gasteiger partial charge in [-0.2, -0.15) is 4.98 Å². The van der Waals surface area contributed by atoms with Crippen molar-refractivity contribution in [3.63, 3.8) is 0 Å². The smallest absolute Gasteiger partial charge is 0.230 e. The van der Waals surface area contributed by atoms with Gasteiger partial charge in [0.05, 0.1) is 5.56 Å². The minimum atomic E-state index is 0.255. The maximum atomic E-state index is 5.93. The quantitative estimate of drug-likeness (QED) is 0.773. The van der Waals surface area contributed by atoms with E-state index in [1.165, 1.54) is 0 Å². The molecule has 1 saturated carbocycles. The Morgan fingerprint density at radius 2 is 2.10 bits per heavy atom. The molecule has 5 heteroatoms. The van der Waals surface area contributed by atoms with Crippen LogP contribution < -0.4 is 5.73 Å². The first-order valence-electron chi connectivity index (χ1n) is 6.87. The van der Waals surface area contributed by atoms with Crippen LogP contribution in [0.2, 0.25) is 0 Å². The molecule has 5 nitrogen and oxygen atoms in total. The van der Waals surface area contributed by atoms with Crippen molar-refractivity contribution < 1.29 is 8.94 Å². The summed E-state index contributed by atoms with van der Waals surface area (Å²) >= 11 is 0. The minimum absolute atomic E-state index is 0.255. The number of hydrogen-bond donors (Lipinski definition) is 1. The molecule has 0 bridgehead atoms. The van der Waals surface area contributed by atoms with Crippen LogP contribution >= 0.6 is 0 Å². The standard InChI is InChI=1S/C15H15N3O2/c16-10-6-5-9(7-10)15-17-14(18-20-15)12-8-19-13-4-2-1-3-11(12)13/h1-4,8-10H,5-7,16H2. The second-order valence-electron chi connectivity index (χ2n) is 5.37. The van der Waals surface area contributed by atoms with E-state index in [0.29, 0.717) is 17.6 Å².